The molecule has 0 aliphatic carbocycles. The van der Waals surface area contributed by atoms with E-state index in [-0.39, 0.29) is 11.3 Å². The molecule has 15 heavy (non-hydrogen) atoms. The van der Waals surface area contributed by atoms with E-state index in [1.807, 2.05) is 0 Å². The fourth-order valence-corrected chi connectivity index (χ4v) is 1.46. The molecule has 1 aromatic rings. The highest BCUT2D eigenvalue weighted by molar-refractivity contribution is 6.08. The van der Waals surface area contributed by atoms with Gasteiger partial charge in [0.15, 0.2) is 11.6 Å². The van der Waals surface area contributed by atoms with Crippen LogP contribution < -0.4 is 0 Å². The average molecular weight is 207 g/mol. The number of Topliss-reactive ketones (excluding diaryl/α,β-unsaturated/α-hetero) is 1. The Bertz CT molecular complexity index is 415. The molecule has 1 aliphatic heterocycles. The smallest absolute Gasteiger partial charge is 0.195 e. The minimum absolute atomic E-state index is 0.0572. The van der Waals surface area contributed by atoms with Gasteiger partial charge < -0.3 is 4.74 Å². The molecule has 0 bridgehead atoms. The van der Waals surface area contributed by atoms with Gasteiger partial charge in [0.2, 0.25) is 0 Å². The van der Waals surface area contributed by atoms with Crippen molar-refractivity contribution in [2.45, 2.75) is 12.8 Å². The summed E-state index contributed by atoms with van der Waals surface area (Å²) in [7, 11) is 0. The Hall–Kier alpha value is -1.71. The maximum absolute atomic E-state index is 13.2. The van der Waals surface area contributed by atoms with Crippen molar-refractivity contribution in [3.63, 3.8) is 0 Å². The van der Waals surface area contributed by atoms with Crippen LogP contribution in [0.2, 0.25) is 0 Å². The van der Waals surface area contributed by atoms with Crippen molar-refractivity contribution in [3.8, 4) is 0 Å². The largest absolute Gasteiger partial charge is 0.501 e. The van der Waals surface area contributed by atoms with E-state index in [9.17, 15) is 9.18 Å². The molecule has 1 aromatic heterocycles. The Morgan fingerprint density at radius 3 is 3.07 bits per heavy atom. The summed E-state index contributed by atoms with van der Waals surface area (Å²) in [6.45, 7) is 0.621. The van der Waals surface area contributed by atoms with Crippen LogP contribution in [0.4, 0.5) is 4.39 Å². The van der Waals surface area contributed by atoms with Crippen molar-refractivity contribution in [2.24, 2.45) is 0 Å². The van der Waals surface area contributed by atoms with Crippen LogP contribution in [0.5, 0.6) is 0 Å². The highest BCUT2D eigenvalue weighted by Crippen LogP contribution is 2.18. The maximum atomic E-state index is 13.2. The molecule has 1 aliphatic rings. The van der Waals surface area contributed by atoms with Gasteiger partial charge in [0.05, 0.1) is 24.6 Å². The molecule has 0 unspecified atom stereocenters. The Kier molecular flexibility index (Phi) is 2.76. The minimum Gasteiger partial charge on any atom is -0.501 e. The van der Waals surface area contributed by atoms with E-state index in [1.165, 1.54) is 18.5 Å². The van der Waals surface area contributed by atoms with E-state index < -0.39 is 5.82 Å². The molecule has 2 heterocycles. The van der Waals surface area contributed by atoms with Crippen LogP contribution in [0.15, 0.2) is 30.3 Å². The molecule has 0 N–H and O–H groups in total. The Balaban J connectivity index is 2.28. The number of halogens is 1. The zero-order valence-corrected chi connectivity index (χ0v) is 8.07. The van der Waals surface area contributed by atoms with Crippen molar-refractivity contribution in [1.29, 1.82) is 0 Å². The first kappa shape index (κ1) is 9.83. The molecule has 0 atom stereocenters. The van der Waals surface area contributed by atoms with Crippen LogP contribution in [0, 0.1) is 5.82 Å². The molecule has 0 saturated heterocycles. The number of nitrogens with zero attached hydrogens (tertiary/aromatic N) is 1. The van der Waals surface area contributed by atoms with Gasteiger partial charge in [-0.1, -0.05) is 0 Å². The number of rotatable bonds is 2. The van der Waals surface area contributed by atoms with Crippen LogP contribution in [0.1, 0.15) is 23.2 Å². The lowest BCUT2D eigenvalue weighted by molar-refractivity contribution is 0.101. The number of aromatic nitrogens is 1. The van der Waals surface area contributed by atoms with Crippen molar-refractivity contribution in [2.75, 3.05) is 6.61 Å². The fraction of sp³-hybridized carbons (Fsp3) is 0.273. The van der Waals surface area contributed by atoms with Crippen molar-refractivity contribution in [3.05, 3.63) is 41.7 Å². The van der Waals surface area contributed by atoms with Crippen LogP contribution in [-0.4, -0.2) is 17.4 Å². The Morgan fingerprint density at radius 1 is 1.53 bits per heavy atom. The number of hydrogen-bond donors (Lipinski definition) is 0. The summed E-state index contributed by atoms with van der Waals surface area (Å²) in [6, 6.07) is 1.38. The topological polar surface area (TPSA) is 39.2 Å². The summed E-state index contributed by atoms with van der Waals surface area (Å²) < 4.78 is 18.3. The number of allylic oxidation sites excluding steroid dienone is 1. The summed E-state index contributed by atoms with van der Waals surface area (Å²) in [6.07, 6.45) is 5.30. The molecule has 0 spiro atoms. The fourth-order valence-electron chi connectivity index (χ4n) is 1.46. The van der Waals surface area contributed by atoms with E-state index in [4.69, 9.17) is 4.74 Å². The molecule has 0 aromatic carbocycles. The number of carbonyl (C=O) groups is 1. The first-order valence-corrected chi connectivity index (χ1v) is 4.74. The SMILES string of the molecule is O=C(C1=COCCC1)c1ccncc1F. The highest BCUT2D eigenvalue weighted by atomic mass is 19.1. The third-order valence-corrected chi connectivity index (χ3v) is 2.24. The van der Waals surface area contributed by atoms with E-state index in [2.05, 4.69) is 4.98 Å². The standard InChI is InChI=1S/C11H10FNO2/c12-10-6-13-4-3-9(10)11(14)8-2-1-5-15-7-8/h3-4,6-7H,1-2,5H2. The van der Waals surface area contributed by atoms with Gasteiger partial charge in [0.25, 0.3) is 0 Å². The molecule has 4 heteroatoms. The van der Waals surface area contributed by atoms with Crippen LogP contribution in [-0.2, 0) is 4.74 Å². The lowest BCUT2D eigenvalue weighted by atomic mass is 10.0. The number of hydrogen-bond acceptors (Lipinski definition) is 3. The van der Waals surface area contributed by atoms with E-state index in [0.29, 0.717) is 18.6 Å². The van der Waals surface area contributed by atoms with Crippen LogP contribution in [0.25, 0.3) is 0 Å². The summed E-state index contributed by atoms with van der Waals surface area (Å²) >= 11 is 0. The predicted molar refractivity (Wildman–Crippen MR) is 51.8 cm³/mol. The first-order valence-electron chi connectivity index (χ1n) is 4.74. The summed E-state index contributed by atoms with van der Waals surface area (Å²) in [5.74, 6) is -0.899. The molecule has 3 nitrogen and oxygen atoms in total. The zero-order chi connectivity index (χ0) is 10.7. The normalized spacial score (nSPS) is 15.4. The summed E-state index contributed by atoms with van der Waals surface area (Å²) in [5, 5.41) is 0. The second kappa shape index (κ2) is 4.21. The molecule has 0 fully saturated rings. The molecule has 0 amide bonds. The third kappa shape index (κ3) is 2.03. The van der Waals surface area contributed by atoms with Crippen molar-refractivity contribution < 1.29 is 13.9 Å². The predicted octanol–water partition coefficient (Wildman–Crippen LogP) is 2.10. The number of pyridine rings is 1. The average Bonchev–Trinajstić information content (AvgIpc) is 2.30. The van der Waals surface area contributed by atoms with Crippen LogP contribution in [0.3, 0.4) is 0 Å². The highest BCUT2D eigenvalue weighted by Gasteiger charge is 2.18. The lowest BCUT2D eigenvalue weighted by Crippen LogP contribution is -2.11. The summed E-state index contributed by atoms with van der Waals surface area (Å²) in [4.78, 5) is 15.4. The molecule has 0 radical (unpaired) electrons. The number of ether oxygens (including phenoxy) is 1. The zero-order valence-electron chi connectivity index (χ0n) is 8.07. The number of carbonyl (C=O) groups excluding carboxylic acids is 1. The van der Waals surface area contributed by atoms with E-state index >= 15 is 0 Å². The van der Waals surface area contributed by atoms with E-state index in [1.54, 1.807) is 0 Å². The molecule has 78 valence electrons. The number of ketones is 1. The minimum atomic E-state index is -0.589. The van der Waals surface area contributed by atoms with E-state index in [0.717, 1.165) is 12.6 Å². The van der Waals surface area contributed by atoms with Gasteiger partial charge >= 0.3 is 0 Å². The molecule has 0 saturated carbocycles. The van der Waals surface area contributed by atoms with Gasteiger partial charge in [-0.05, 0) is 18.9 Å². The lowest BCUT2D eigenvalue weighted by Gasteiger charge is -2.12. The van der Waals surface area contributed by atoms with Gasteiger partial charge in [0.1, 0.15) is 0 Å². The maximum Gasteiger partial charge on any atom is 0.195 e. The van der Waals surface area contributed by atoms with Crippen LogP contribution >= 0.6 is 0 Å². The van der Waals surface area contributed by atoms with Crippen molar-refractivity contribution in [1.82, 2.24) is 4.98 Å². The van der Waals surface area contributed by atoms with Gasteiger partial charge in [-0.3, -0.25) is 9.78 Å². The Morgan fingerprint density at radius 2 is 2.40 bits per heavy atom. The first-order chi connectivity index (χ1) is 7.29. The molecular formula is C11H10FNO2. The molecular weight excluding hydrogens is 197 g/mol. The van der Waals surface area contributed by atoms with Gasteiger partial charge in [-0.15, -0.1) is 0 Å². The van der Waals surface area contributed by atoms with Gasteiger partial charge in [-0.25, -0.2) is 4.39 Å². The van der Waals surface area contributed by atoms with Gasteiger partial charge in [-0.2, -0.15) is 0 Å². The third-order valence-electron chi connectivity index (χ3n) is 2.24. The van der Waals surface area contributed by atoms with Gasteiger partial charge in [0, 0.05) is 11.8 Å². The molecule has 2 rings (SSSR count). The Labute approximate surface area is 86.6 Å². The quantitative estimate of drug-likeness (QED) is 0.697. The second-order valence-electron chi connectivity index (χ2n) is 3.30. The monoisotopic (exact) mass is 207 g/mol. The van der Waals surface area contributed by atoms with Crippen molar-refractivity contribution >= 4 is 5.78 Å². The summed E-state index contributed by atoms with van der Waals surface area (Å²) in [5.41, 5.74) is 0.577. The second-order valence-corrected chi connectivity index (χ2v) is 3.30.